The smallest absolute Gasteiger partial charge is 0.332 e. The number of nitrogens with two attached hydrogens (primary N) is 2. The Kier molecular flexibility index (Phi) is 7.28. The number of guanidine groups is 1. The van der Waals surface area contributed by atoms with Crippen LogP contribution in [-0.2, 0) is 26.0 Å². The van der Waals surface area contributed by atoms with E-state index in [1.807, 2.05) is 0 Å². The summed E-state index contributed by atoms with van der Waals surface area (Å²) in [6.45, 7) is 0. The minimum absolute atomic E-state index is 0.0266. The van der Waals surface area contributed by atoms with Crippen LogP contribution in [-0.4, -0.2) is 43.5 Å². The van der Waals surface area contributed by atoms with E-state index in [-0.39, 0.29) is 24.5 Å². The van der Waals surface area contributed by atoms with E-state index in [4.69, 9.17) is 16.2 Å². The highest BCUT2D eigenvalue weighted by molar-refractivity contribution is 7.88. The quantitative estimate of drug-likeness (QED) is 0.129. The number of nitrogens with zero attached hydrogens (tertiary/aromatic N) is 2. The molecule has 2 aromatic carbocycles. The van der Waals surface area contributed by atoms with Crippen LogP contribution >= 0.6 is 0 Å². The highest BCUT2D eigenvalue weighted by Gasteiger charge is 2.34. The van der Waals surface area contributed by atoms with Crippen molar-refractivity contribution in [3.8, 4) is 5.75 Å². The number of rotatable bonds is 9. The molecule has 0 radical (unpaired) electrons. The molecule has 0 spiro atoms. The Labute approximate surface area is 168 Å². The molecule has 5 N–H and O–H groups in total. The van der Waals surface area contributed by atoms with Gasteiger partial charge in [0.25, 0.3) is 0 Å². The van der Waals surface area contributed by atoms with Crippen LogP contribution in [0.5, 0.6) is 5.75 Å². The molecule has 10 nitrogen and oxygen atoms in total. The Morgan fingerprint density at radius 3 is 2.48 bits per heavy atom. The van der Waals surface area contributed by atoms with E-state index in [1.165, 1.54) is 12.1 Å². The third kappa shape index (κ3) is 6.59. The van der Waals surface area contributed by atoms with Crippen molar-refractivity contribution in [2.24, 2.45) is 16.5 Å². The lowest BCUT2D eigenvalue weighted by Gasteiger charge is -2.26. The van der Waals surface area contributed by atoms with Crippen molar-refractivity contribution >= 4 is 34.0 Å². The first-order valence-electron chi connectivity index (χ1n) is 8.35. The van der Waals surface area contributed by atoms with Gasteiger partial charge in [0.15, 0.2) is 5.96 Å². The zero-order valence-electron chi connectivity index (χ0n) is 15.6. The van der Waals surface area contributed by atoms with Crippen molar-refractivity contribution in [2.75, 3.05) is 6.26 Å². The summed E-state index contributed by atoms with van der Waals surface area (Å²) in [5.74, 6) is -0.959. The third-order valence-corrected chi connectivity index (χ3v) is 4.73. The number of hydrazine groups is 1. The highest BCUT2D eigenvalue weighted by Crippen LogP contribution is 2.21. The predicted octanol–water partition coefficient (Wildman–Crippen LogP) is 0.0308. The van der Waals surface area contributed by atoms with Gasteiger partial charge in [0, 0.05) is 12.5 Å². The van der Waals surface area contributed by atoms with Crippen molar-refractivity contribution < 1.29 is 22.7 Å². The molecule has 0 heterocycles. The Hall–Kier alpha value is -3.44. The molecule has 1 amide bonds. The van der Waals surface area contributed by atoms with Gasteiger partial charge in [-0.15, -0.1) is 0 Å². The van der Waals surface area contributed by atoms with Gasteiger partial charge in [-0.25, -0.2) is 18.2 Å². The van der Waals surface area contributed by atoms with Crippen molar-refractivity contribution in [3.63, 3.8) is 0 Å². The summed E-state index contributed by atoms with van der Waals surface area (Å²) in [5, 5.41) is 0. The molecule has 0 aromatic heterocycles. The maximum absolute atomic E-state index is 12.8. The molecule has 11 heteroatoms. The second kappa shape index (κ2) is 9.66. The SMILES string of the molecule is CS(=O)(=O)N(NC=O)[C@@H](Cc1ccccc1)C(=O)Oc1cccc(N=C(N)N)c1. The Morgan fingerprint density at radius 2 is 1.90 bits per heavy atom. The summed E-state index contributed by atoms with van der Waals surface area (Å²) in [4.78, 5) is 27.6. The zero-order valence-corrected chi connectivity index (χ0v) is 16.4. The largest absolute Gasteiger partial charge is 0.425 e. The van der Waals surface area contributed by atoms with Crippen LogP contribution in [0, 0.1) is 0 Å². The van der Waals surface area contributed by atoms with E-state index in [2.05, 4.69) is 10.4 Å². The summed E-state index contributed by atoms with van der Waals surface area (Å²) in [6, 6.07) is 13.4. The molecule has 0 saturated heterocycles. The lowest BCUT2D eigenvalue weighted by Crippen LogP contribution is -2.54. The first-order valence-corrected chi connectivity index (χ1v) is 10.2. The number of amides is 1. The molecular formula is C18H21N5O5S. The van der Waals surface area contributed by atoms with E-state index in [9.17, 15) is 18.0 Å². The number of aliphatic imine (C=N–C) groups is 1. The number of hydrogen-bond acceptors (Lipinski definition) is 6. The van der Waals surface area contributed by atoms with Gasteiger partial charge in [-0.1, -0.05) is 40.8 Å². The van der Waals surface area contributed by atoms with Gasteiger partial charge in [-0.3, -0.25) is 10.2 Å². The van der Waals surface area contributed by atoms with Gasteiger partial charge in [0.1, 0.15) is 11.8 Å². The van der Waals surface area contributed by atoms with Gasteiger partial charge >= 0.3 is 5.97 Å². The molecular weight excluding hydrogens is 398 g/mol. The number of carbonyl (C=O) groups is 2. The van der Waals surface area contributed by atoms with Crippen LogP contribution in [0.1, 0.15) is 5.56 Å². The van der Waals surface area contributed by atoms with Gasteiger partial charge in [0.05, 0.1) is 11.9 Å². The predicted molar refractivity (Wildman–Crippen MR) is 107 cm³/mol. The molecule has 0 unspecified atom stereocenters. The standard InChI is InChI=1S/C18H21N5O5S/c1-29(26,27)23(21-12-24)16(10-13-6-3-2-4-7-13)17(25)28-15-9-5-8-14(11-15)22-18(19)20/h2-9,11-12,16H,10H2,1H3,(H,21,24)(H4,19,20,22)/t16-/m0/s1. The molecule has 0 aliphatic carbocycles. The Balaban J connectivity index is 2.35. The van der Waals surface area contributed by atoms with E-state index >= 15 is 0 Å². The summed E-state index contributed by atoms with van der Waals surface area (Å²) in [7, 11) is -3.97. The fourth-order valence-corrected chi connectivity index (χ4v) is 3.38. The van der Waals surface area contributed by atoms with Crippen molar-refractivity contribution in [1.29, 1.82) is 0 Å². The van der Waals surface area contributed by atoms with E-state index in [0.29, 0.717) is 15.7 Å². The average molecular weight is 419 g/mol. The topological polar surface area (TPSA) is 157 Å². The molecule has 0 aliphatic heterocycles. The van der Waals surface area contributed by atoms with Crippen LogP contribution in [0.3, 0.4) is 0 Å². The minimum atomic E-state index is -3.97. The van der Waals surface area contributed by atoms with Crippen LogP contribution in [0.15, 0.2) is 59.6 Å². The number of nitrogens with one attached hydrogen (secondary N) is 1. The van der Waals surface area contributed by atoms with E-state index in [1.54, 1.807) is 42.5 Å². The van der Waals surface area contributed by atoms with Crippen molar-refractivity contribution in [1.82, 2.24) is 9.84 Å². The molecule has 0 bridgehead atoms. The fraction of sp³-hybridized carbons (Fsp3) is 0.167. The van der Waals surface area contributed by atoms with Crippen molar-refractivity contribution in [3.05, 3.63) is 60.2 Å². The number of carbonyl (C=O) groups excluding carboxylic acids is 2. The van der Waals surface area contributed by atoms with Crippen LogP contribution < -0.4 is 21.6 Å². The number of hydrogen-bond donors (Lipinski definition) is 3. The molecule has 2 rings (SSSR count). The summed E-state index contributed by atoms with van der Waals surface area (Å²) >= 11 is 0. The van der Waals surface area contributed by atoms with Crippen LogP contribution in [0.25, 0.3) is 0 Å². The van der Waals surface area contributed by atoms with E-state index < -0.39 is 22.0 Å². The molecule has 0 saturated carbocycles. The number of benzene rings is 2. The molecule has 2 aromatic rings. The van der Waals surface area contributed by atoms with Crippen LogP contribution in [0.2, 0.25) is 0 Å². The van der Waals surface area contributed by atoms with Gasteiger partial charge in [-0.05, 0) is 17.7 Å². The maximum atomic E-state index is 12.8. The zero-order chi connectivity index (χ0) is 21.4. The van der Waals surface area contributed by atoms with E-state index in [0.717, 1.165) is 6.26 Å². The highest BCUT2D eigenvalue weighted by atomic mass is 32.2. The Bertz CT molecular complexity index is 991. The van der Waals surface area contributed by atoms with Crippen molar-refractivity contribution in [2.45, 2.75) is 12.5 Å². The molecule has 0 fully saturated rings. The summed E-state index contributed by atoms with van der Waals surface area (Å²) in [6.07, 6.45) is 1.01. The lowest BCUT2D eigenvalue weighted by molar-refractivity contribution is -0.139. The number of ether oxygens (including phenoxy) is 1. The first-order chi connectivity index (χ1) is 13.7. The maximum Gasteiger partial charge on any atom is 0.332 e. The van der Waals surface area contributed by atoms with Gasteiger partial charge < -0.3 is 16.2 Å². The molecule has 29 heavy (non-hydrogen) atoms. The third-order valence-electron chi connectivity index (χ3n) is 3.66. The van der Waals surface area contributed by atoms with Crippen LogP contribution in [0.4, 0.5) is 5.69 Å². The normalized spacial score (nSPS) is 12.1. The molecule has 0 aliphatic rings. The molecule has 154 valence electrons. The Morgan fingerprint density at radius 1 is 1.21 bits per heavy atom. The average Bonchev–Trinajstić information content (AvgIpc) is 2.64. The summed E-state index contributed by atoms with van der Waals surface area (Å²) in [5.41, 5.74) is 13.7. The lowest BCUT2D eigenvalue weighted by atomic mass is 10.1. The second-order valence-corrected chi connectivity index (χ2v) is 7.83. The van der Waals surface area contributed by atoms with Gasteiger partial charge in [0.2, 0.25) is 16.4 Å². The van der Waals surface area contributed by atoms with Gasteiger partial charge in [-0.2, -0.15) is 0 Å². The fourth-order valence-electron chi connectivity index (χ4n) is 2.52. The molecule has 1 atom stereocenters. The second-order valence-electron chi connectivity index (χ2n) is 5.97. The summed E-state index contributed by atoms with van der Waals surface area (Å²) < 4.78 is 30.2. The first kappa shape index (κ1) is 21.9. The number of esters is 1. The minimum Gasteiger partial charge on any atom is -0.425 e. The number of sulfonamides is 1. The monoisotopic (exact) mass is 419 g/mol.